The molecule has 1 saturated heterocycles. The fourth-order valence-corrected chi connectivity index (χ4v) is 1.64. The van der Waals surface area contributed by atoms with Crippen molar-refractivity contribution in [2.45, 2.75) is 53.1 Å². The lowest BCUT2D eigenvalue weighted by Gasteiger charge is -2.17. The first kappa shape index (κ1) is 17.0. The third-order valence-electron chi connectivity index (χ3n) is 2.63. The van der Waals surface area contributed by atoms with E-state index in [0.29, 0.717) is 6.10 Å². The molecule has 1 fully saturated rings. The third-order valence-corrected chi connectivity index (χ3v) is 2.63. The van der Waals surface area contributed by atoms with Crippen LogP contribution in [0.15, 0.2) is 24.3 Å². The molecule has 18 heavy (non-hydrogen) atoms. The molecular formula is C16H28O2. The summed E-state index contributed by atoms with van der Waals surface area (Å²) in [6.45, 7) is 9.17. The van der Waals surface area contributed by atoms with E-state index < -0.39 is 0 Å². The summed E-state index contributed by atoms with van der Waals surface area (Å²) in [4.78, 5) is 0. The zero-order chi connectivity index (χ0) is 13.8. The predicted octanol–water partition coefficient (Wildman–Crippen LogP) is 4.61. The van der Waals surface area contributed by atoms with Gasteiger partial charge in [0.1, 0.15) is 5.75 Å². The Bertz CT molecular complexity index is 291. The minimum Gasteiger partial charge on any atom is -0.497 e. The topological polar surface area (TPSA) is 18.5 Å². The maximum atomic E-state index is 5.28. The molecule has 0 aliphatic carbocycles. The molecule has 2 rings (SSSR count). The van der Waals surface area contributed by atoms with Gasteiger partial charge in [-0.05, 0) is 50.8 Å². The summed E-state index contributed by atoms with van der Waals surface area (Å²) in [6.07, 6.45) is 4.43. The minimum atomic E-state index is 0.536. The van der Waals surface area contributed by atoms with E-state index in [1.807, 2.05) is 45.0 Å². The molecule has 0 saturated carbocycles. The molecule has 1 aliphatic heterocycles. The van der Waals surface area contributed by atoms with Gasteiger partial charge in [0.05, 0.1) is 13.2 Å². The lowest BCUT2D eigenvalue weighted by atomic mass is 10.1. The maximum Gasteiger partial charge on any atom is 0.119 e. The molecule has 0 radical (unpaired) electrons. The molecule has 2 nitrogen and oxygen atoms in total. The summed E-state index contributed by atoms with van der Waals surface area (Å²) >= 11 is 0. The molecule has 1 atom stereocenters. The fourth-order valence-electron chi connectivity index (χ4n) is 1.64. The Morgan fingerprint density at radius 1 is 1.22 bits per heavy atom. The maximum absolute atomic E-state index is 5.28. The Balaban J connectivity index is 0.000000289. The molecule has 0 amide bonds. The molecule has 1 aromatic rings. The van der Waals surface area contributed by atoms with Gasteiger partial charge in [-0.2, -0.15) is 0 Å². The first-order valence-electron chi connectivity index (χ1n) is 6.94. The van der Waals surface area contributed by atoms with E-state index in [1.165, 1.54) is 24.8 Å². The second kappa shape index (κ2) is 11.1. The zero-order valence-electron chi connectivity index (χ0n) is 12.5. The molecule has 1 heterocycles. The largest absolute Gasteiger partial charge is 0.497 e. The summed E-state index contributed by atoms with van der Waals surface area (Å²) in [6, 6.07) is 7.96. The number of hydrogen-bond acceptors (Lipinski definition) is 2. The number of aryl methyl sites for hydroxylation is 1. The van der Waals surface area contributed by atoms with Crippen LogP contribution < -0.4 is 4.74 Å². The summed E-state index contributed by atoms with van der Waals surface area (Å²) < 4.78 is 10.3. The van der Waals surface area contributed by atoms with Crippen LogP contribution in [0.5, 0.6) is 5.75 Å². The lowest BCUT2D eigenvalue weighted by molar-refractivity contribution is 0.0285. The van der Waals surface area contributed by atoms with Gasteiger partial charge in [-0.25, -0.2) is 0 Å². The molecule has 1 aromatic carbocycles. The van der Waals surface area contributed by atoms with Gasteiger partial charge < -0.3 is 9.47 Å². The summed E-state index contributed by atoms with van der Waals surface area (Å²) in [5, 5.41) is 0. The van der Waals surface area contributed by atoms with Crippen molar-refractivity contribution in [1.29, 1.82) is 0 Å². The molecule has 0 aromatic heterocycles. The van der Waals surface area contributed by atoms with Crippen molar-refractivity contribution >= 4 is 0 Å². The van der Waals surface area contributed by atoms with Crippen LogP contribution in [0.3, 0.4) is 0 Å². The van der Waals surface area contributed by atoms with Gasteiger partial charge in [0.15, 0.2) is 0 Å². The number of benzene rings is 1. The molecule has 1 aliphatic rings. The second-order valence-electron chi connectivity index (χ2n) is 4.20. The van der Waals surface area contributed by atoms with Gasteiger partial charge in [0.25, 0.3) is 0 Å². The monoisotopic (exact) mass is 252 g/mol. The van der Waals surface area contributed by atoms with Crippen LogP contribution in [-0.4, -0.2) is 19.8 Å². The van der Waals surface area contributed by atoms with E-state index in [9.17, 15) is 0 Å². The quantitative estimate of drug-likeness (QED) is 0.727. The van der Waals surface area contributed by atoms with Crippen molar-refractivity contribution in [3.05, 3.63) is 29.8 Å². The van der Waals surface area contributed by atoms with Crippen molar-refractivity contribution in [3.8, 4) is 5.75 Å². The van der Waals surface area contributed by atoms with Crippen LogP contribution in [0.2, 0.25) is 0 Å². The Hall–Kier alpha value is -1.02. The number of hydrogen-bond donors (Lipinski definition) is 0. The number of rotatable bonds is 1. The fraction of sp³-hybridized carbons (Fsp3) is 0.625. The molecule has 104 valence electrons. The Morgan fingerprint density at radius 2 is 1.94 bits per heavy atom. The summed E-state index contributed by atoms with van der Waals surface area (Å²) in [5.74, 6) is 0.926. The highest BCUT2D eigenvalue weighted by Crippen LogP contribution is 2.11. The average Bonchev–Trinajstić information content (AvgIpc) is 2.42. The van der Waals surface area contributed by atoms with E-state index in [2.05, 4.69) is 6.92 Å². The molecule has 0 spiro atoms. The van der Waals surface area contributed by atoms with Crippen LogP contribution in [0.1, 0.15) is 45.6 Å². The van der Waals surface area contributed by atoms with Gasteiger partial charge in [-0.15, -0.1) is 0 Å². The normalized spacial score (nSPS) is 17.7. The first-order valence-corrected chi connectivity index (χ1v) is 6.94. The van der Waals surface area contributed by atoms with Crippen LogP contribution >= 0.6 is 0 Å². The molecule has 0 N–H and O–H groups in total. The van der Waals surface area contributed by atoms with Gasteiger partial charge in [-0.1, -0.05) is 26.0 Å². The minimum absolute atomic E-state index is 0.536. The standard InChI is InChI=1S/C8H10O.C6H12O.C2H6/c1-7-4-3-5-8(6-7)9-2;1-6-4-2-3-5-7-6;1-2/h3-6H,1-2H3;6H,2-5H2,1H3;1-2H3. The zero-order valence-corrected chi connectivity index (χ0v) is 12.5. The number of ether oxygens (including phenoxy) is 2. The molecule has 2 heteroatoms. The average molecular weight is 252 g/mol. The van der Waals surface area contributed by atoms with Gasteiger partial charge in [-0.3, -0.25) is 0 Å². The van der Waals surface area contributed by atoms with E-state index >= 15 is 0 Å². The third kappa shape index (κ3) is 8.13. The highest BCUT2D eigenvalue weighted by atomic mass is 16.5. The predicted molar refractivity (Wildman–Crippen MR) is 78.3 cm³/mol. The Labute approximate surface area is 112 Å². The van der Waals surface area contributed by atoms with Crippen molar-refractivity contribution in [2.75, 3.05) is 13.7 Å². The van der Waals surface area contributed by atoms with E-state index in [-0.39, 0.29) is 0 Å². The lowest BCUT2D eigenvalue weighted by Crippen LogP contribution is -2.14. The summed E-state index contributed by atoms with van der Waals surface area (Å²) in [5.41, 5.74) is 1.23. The van der Waals surface area contributed by atoms with Crippen LogP contribution in [0.25, 0.3) is 0 Å². The van der Waals surface area contributed by atoms with E-state index in [1.54, 1.807) is 7.11 Å². The Morgan fingerprint density at radius 3 is 2.28 bits per heavy atom. The van der Waals surface area contributed by atoms with Crippen molar-refractivity contribution < 1.29 is 9.47 Å². The van der Waals surface area contributed by atoms with Gasteiger partial charge >= 0.3 is 0 Å². The summed E-state index contributed by atoms with van der Waals surface area (Å²) in [7, 11) is 1.68. The number of methoxy groups -OCH3 is 1. The highest BCUT2D eigenvalue weighted by molar-refractivity contribution is 5.27. The second-order valence-corrected chi connectivity index (χ2v) is 4.20. The van der Waals surface area contributed by atoms with Crippen molar-refractivity contribution in [2.24, 2.45) is 0 Å². The van der Waals surface area contributed by atoms with Crippen LogP contribution in [0.4, 0.5) is 0 Å². The first-order chi connectivity index (χ1) is 8.72. The van der Waals surface area contributed by atoms with E-state index in [4.69, 9.17) is 9.47 Å². The SMILES string of the molecule is CC.CC1CCCCO1.COc1cccc(C)c1. The van der Waals surface area contributed by atoms with Crippen LogP contribution in [0, 0.1) is 6.92 Å². The van der Waals surface area contributed by atoms with Crippen LogP contribution in [-0.2, 0) is 4.74 Å². The van der Waals surface area contributed by atoms with Crippen molar-refractivity contribution in [3.63, 3.8) is 0 Å². The molecule has 0 bridgehead atoms. The van der Waals surface area contributed by atoms with Gasteiger partial charge in [0.2, 0.25) is 0 Å². The Kier molecular flexibility index (Phi) is 10.5. The molecular weight excluding hydrogens is 224 g/mol. The smallest absolute Gasteiger partial charge is 0.119 e. The highest BCUT2D eigenvalue weighted by Gasteiger charge is 2.05. The van der Waals surface area contributed by atoms with E-state index in [0.717, 1.165) is 12.4 Å². The van der Waals surface area contributed by atoms with Gasteiger partial charge in [0, 0.05) is 6.61 Å². The van der Waals surface area contributed by atoms with Crippen molar-refractivity contribution in [1.82, 2.24) is 0 Å². The molecule has 1 unspecified atom stereocenters.